The van der Waals surface area contributed by atoms with Gasteiger partial charge >= 0.3 is 46.1 Å². The van der Waals surface area contributed by atoms with Crippen molar-refractivity contribution in [2.24, 2.45) is 0 Å². The fraction of sp³-hybridized carbons (Fsp3) is 1.00. The molecule has 1 heterocycles. The van der Waals surface area contributed by atoms with Gasteiger partial charge in [-0.3, -0.25) is 0 Å². The zero-order chi connectivity index (χ0) is 4.41. The van der Waals surface area contributed by atoms with E-state index in [1.165, 1.54) is 25.9 Å². The van der Waals surface area contributed by atoms with Gasteiger partial charge in [0.05, 0.1) is 0 Å². The van der Waals surface area contributed by atoms with Gasteiger partial charge in [-0.25, -0.2) is 0 Å². The van der Waals surface area contributed by atoms with Crippen molar-refractivity contribution in [1.82, 2.24) is 3.92 Å². The predicted molar refractivity (Wildman–Crippen MR) is 28.0 cm³/mol. The molecule has 0 aromatic heterocycles. The third-order valence-electron chi connectivity index (χ3n) is 1.08. The van der Waals surface area contributed by atoms with Crippen LogP contribution < -0.4 is 0 Å². The van der Waals surface area contributed by atoms with E-state index in [4.69, 9.17) is 0 Å². The molecule has 1 rings (SSSR count). The van der Waals surface area contributed by atoms with E-state index in [1.807, 2.05) is 0 Å². The summed E-state index contributed by atoms with van der Waals surface area (Å²) in [5.74, 6) is 0. The van der Waals surface area contributed by atoms with Crippen molar-refractivity contribution in [2.45, 2.75) is 12.8 Å². The Morgan fingerprint density at radius 2 is 1.67 bits per heavy atom. The second kappa shape index (κ2) is 1.97. The van der Waals surface area contributed by atoms with Gasteiger partial charge in [0.25, 0.3) is 0 Å². The molecule has 0 radical (unpaired) electrons. The van der Waals surface area contributed by atoms with Crippen LogP contribution in [-0.2, 0) is 0 Å². The molecule has 36 valence electrons. The van der Waals surface area contributed by atoms with Crippen molar-refractivity contribution in [3.63, 3.8) is 0 Å². The van der Waals surface area contributed by atoms with Crippen LogP contribution in [0.3, 0.4) is 0 Å². The summed E-state index contributed by atoms with van der Waals surface area (Å²) in [6.45, 7) is 2.58. The molecule has 6 heavy (non-hydrogen) atoms. The molecule has 0 aromatic rings. The van der Waals surface area contributed by atoms with Gasteiger partial charge in [0.2, 0.25) is 0 Å². The second-order valence-corrected chi connectivity index (χ2v) is 2.85. The first kappa shape index (κ1) is 4.63. The van der Waals surface area contributed by atoms with Gasteiger partial charge in [-0.2, -0.15) is 0 Å². The van der Waals surface area contributed by atoms with Gasteiger partial charge in [-0.15, -0.1) is 0 Å². The van der Waals surface area contributed by atoms with E-state index in [0.717, 1.165) is 0 Å². The van der Waals surface area contributed by atoms with Crippen molar-refractivity contribution in [3.8, 4) is 0 Å². The van der Waals surface area contributed by atoms with Crippen LogP contribution in [0.15, 0.2) is 0 Å². The van der Waals surface area contributed by atoms with Crippen LogP contribution >= 0.6 is 0 Å². The van der Waals surface area contributed by atoms with E-state index in [2.05, 4.69) is 20.1 Å². The molecule has 0 amide bonds. The fourth-order valence-corrected chi connectivity index (χ4v) is 1.29. The quantitative estimate of drug-likeness (QED) is 0.436. The number of hydrogen-bond donors (Lipinski definition) is 0. The summed E-state index contributed by atoms with van der Waals surface area (Å²) in [6, 6.07) is 0. The summed E-state index contributed by atoms with van der Waals surface area (Å²) in [5, 5.41) is 0. The minimum absolute atomic E-state index is 1.29. The van der Waals surface area contributed by atoms with E-state index < -0.39 is 0 Å². The monoisotopic (exact) mass is 151 g/mol. The average molecular weight is 150 g/mol. The van der Waals surface area contributed by atoms with Crippen molar-refractivity contribution < 1.29 is 0 Å². The molecule has 1 fully saturated rings. The Morgan fingerprint density at radius 3 is 1.83 bits per heavy atom. The first-order valence-electron chi connectivity index (χ1n) is 2.33. The van der Waals surface area contributed by atoms with Gasteiger partial charge in [-0.1, -0.05) is 0 Å². The van der Waals surface area contributed by atoms with E-state index in [-0.39, 0.29) is 0 Å². The first-order valence-corrected chi connectivity index (χ1v) is 3.17. The molecule has 0 saturated carbocycles. The molecule has 2 heteroatoms. The third kappa shape index (κ3) is 0.969. The van der Waals surface area contributed by atoms with E-state index in [9.17, 15) is 0 Å². The van der Waals surface area contributed by atoms with Gasteiger partial charge in [0, 0.05) is 0 Å². The Kier molecular flexibility index (Phi) is 1.52. The van der Waals surface area contributed by atoms with Crippen LogP contribution in [0, 0.1) is 0 Å². The minimum atomic E-state index is 1.29. The fourth-order valence-electron chi connectivity index (χ4n) is 0.700. The number of nitrogens with zero attached hydrogens (tertiary/aromatic N) is 1. The topological polar surface area (TPSA) is 3.24 Å². The van der Waals surface area contributed by atoms with Crippen LogP contribution in [0.4, 0.5) is 0 Å². The number of hydrogen-bond acceptors (Lipinski definition) is 1. The molecule has 1 aliphatic heterocycles. The average Bonchev–Trinajstić information content (AvgIpc) is 1.86. The Bertz CT molecular complexity index is 40.8. The second-order valence-electron chi connectivity index (χ2n) is 1.66. The van der Waals surface area contributed by atoms with Crippen molar-refractivity contribution in [1.29, 1.82) is 0 Å². The molecule has 0 spiro atoms. The Morgan fingerprint density at radius 1 is 1.17 bits per heavy atom. The molecular formula is C4H9NSe. The van der Waals surface area contributed by atoms with Gasteiger partial charge in [0.15, 0.2) is 0 Å². The summed E-state index contributed by atoms with van der Waals surface area (Å²) in [5.41, 5.74) is 0. The van der Waals surface area contributed by atoms with E-state index in [0.29, 0.717) is 0 Å². The SMILES string of the molecule is [SeH]N1CCCC1. The molecule has 0 aliphatic carbocycles. The van der Waals surface area contributed by atoms with Gasteiger partial charge in [-0.05, 0) is 0 Å². The summed E-state index contributed by atoms with van der Waals surface area (Å²) in [4.78, 5) is 0. The molecule has 0 N–H and O–H groups in total. The van der Waals surface area contributed by atoms with Crippen molar-refractivity contribution in [2.75, 3.05) is 13.1 Å². The van der Waals surface area contributed by atoms with Crippen molar-refractivity contribution in [3.05, 3.63) is 0 Å². The van der Waals surface area contributed by atoms with E-state index in [1.54, 1.807) is 0 Å². The molecular weight excluding hydrogens is 141 g/mol. The molecule has 1 nitrogen and oxygen atoms in total. The normalized spacial score (nSPS) is 25.5. The third-order valence-corrected chi connectivity index (χ3v) is 1.92. The first-order chi connectivity index (χ1) is 2.89. The van der Waals surface area contributed by atoms with Gasteiger partial charge in [0.1, 0.15) is 0 Å². The van der Waals surface area contributed by atoms with Gasteiger partial charge < -0.3 is 0 Å². The Hall–Kier alpha value is 0.479. The molecule has 1 saturated heterocycles. The Labute approximate surface area is 46.7 Å². The van der Waals surface area contributed by atoms with Crippen LogP contribution in [0.1, 0.15) is 12.8 Å². The van der Waals surface area contributed by atoms with E-state index >= 15 is 0 Å². The molecule has 0 aromatic carbocycles. The van der Waals surface area contributed by atoms with Crippen LogP contribution in [0.5, 0.6) is 0 Å². The maximum atomic E-state index is 2.57. The number of rotatable bonds is 0. The zero-order valence-electron chi connectivity index (χ0n) is 3.72. The Balaban J connectivity index is 2.18. The van der Waals surface area contributed by atoms with Crippen LogP contribution in [0.2, 0.25) is 0 Å². The summed E-state index contributed by atoms with van der Waals surface area (Å²) in [7, 11) is 0. The zero-order valence-corrected chi connectivity index (χ0v) is 5.60. The molecule has 1 aliphatic rings. The molecule has 0 bridgehead atoms. The maximum absolute atomic E-state index is 2.57. The summed E-state index contributed by atoms with van der Waals surface area (Å²) in [6.07, 6.45) is 2.80. The van der Waals surface area contributed by atoms with Crippen LogP contribution in [0.25, 0.3) is 0 Å². The summed E-state index contributed by atoms with van der Waals surface area (Å²) >= 11 is 2.57. The predicted octanol–water partition coefficient (Wildman–Crippen LogP) is -0.102. The molecule has 0 unspecified atom stereocenters. The molecule has 0 atom stereocenters. The summed E-state index contributed by atoms with van der Waals surface area (Å²) < 4.78 is 2.30. The van der Waals surface area contributed by atoms with Crippen LogP contribution in [-0.4, -0.2) is 33.2 Å². The standard InChI is InChI=1S/C4H9NSe/c6-5-3-1-2-4-5/h6H,1-4H2. The van der Waals surface area contributed by atoms with Crippen molar-refractivity contribution >= 4 is 16.2 Å².